The molecule has 0 bridgehead atoms. The molecule has 0 saturated carbocycles. The zero-order valence-electron chi connectivity index (χ0n) is 37.3. The first-order valence-electron chi connectivity index (χ1n) is 22.2. The van der Waals surface area contributed by atoms with Crippen LogP contribution < -0.4 is 15.5 Å². The lowest BCUT2D eigenvalue weighted by Gasteiger charge is -2.14. The number of aromatic nitrogens is 8. The molecule has 23 nitrogen and oxygen atoms in total. The van der Waals surface area contributed by atoms with Crippen molar-refractivity contribution in [2.45, 2.75) is 62.8 Å². The van der Waals surface area contributed by atoms with E-state index in [4.69, 9.17) is 34.4 Å². The summed E-state index contributed by atoms with van der Waals surface area (Å²) in [7, 11) is 0. The van der Waals surface area contributed by atoms with Crippen LogP contribution in [0.25, 0.3) is 22.3 Å². The van der Waals surface area contributed by atoms with E-state index in [9.17, 15) is 19.2 Å². The van der Waals surface area contributed by atoms with Crippen LogP contribution in [0.2, 0.25) is 0 Å². The van der Waals surface area contributed by atoms with Gasteiger partial charge in [0.05, 0.1) is 67.8 Å². The number of halogens is 2. The molecule has 0 radical (unpaired) electrons. The Hall–Kier alpha value is -8.74. The normalized spacial score (nSPS) is 19.9. The molecule has 0 spiro atoms. The van der Waals surface area contributed by atoms with Crippen LogP contribution in [0.3, 0.4) is 0 Å². The maximum absolute atomic E-state index is 15.4. The van der Waals surface area contributed by atoms with Crippen molar-refractivity contribution in [2.24, 2.45) is 16.0 Å². The highest BCUT2D eigenvalue weighted by molar-refractivity contribution is 6.00. The molecule has 4 aliphatic heterocycles. The van der Waals surface area contributed by atoms with Crippen molar-refractivity contribution < 1.29 is 56.6 Å². The van der Waals surface area contributed by atoms with E-state index >= 15 is 8.78 Å². The summed E-state index contributed by atoms with van der Waals surface area (Å²) in [4.78, 5) is 72.8. The van der Waals surface area contributed by atoms with Crippen LogP contribution in [0.15, 0.2) is 108 Å². The Labute approximate surface area is 400 Å². The molecule has 4 aliphatic rings. The minimum Gasteiger partial charge on any atom is -0.462 e. The summed E-state index contributed by atoms with van der Waals surface area (Å²) < 4.78 is 55.3. The monoisotopic (exact) mass is 973 g/mol. The van der Waals surface area contributed by atoms with Crippen molar-refractivity contribution in [2.75, 3.05) is 36.1 Å². The van der Waals surface area contributed by atoms with Gasteiger partial charge in [-0.2, -0.15) is 0 Å². The van der Waals surface area contributed by atoms with Gasteiger partial charge in [-0.3, -0.25) is 29.4 Å². The minimum atomic E-state index is -1.32. The summed E-state index contributed by atoms with van der Waals surface area (Å²) in [6.45, 7) is 0.696. The molecule has 2 aromatic carbocycles. The quantitative estimate of drug-likeness (QED) is 0.101. The van der Waals surface area contributed by atoms with Gasteiger partial charge in [-0.25, -0.2) is 27.7 Å². The van der Waals surface area contributed by atoms with E-state index in [0.29, 0.717) is 58.4 Å². The summed E-state index contributed by atoms with van der Waals surface area (Å²) in [5.41, 5.74) is 10.1. The van der Waals surface area contributed by atoms with Gasteiger partial charge in [-0.15, -0.1) is 10.2 Å². The number of hydrogen-bond donors (Lipinski definition) is 1. The number of carbonyl (C=O) groups is 4. The Morgan fingerprint density at radius 2 is 1.17 bits per heavy atom. The molecule has 4 aromatic heterocycles. The van der Waals surface area contributed by atoms with Gasteiger partial charge in [0.25, 0.3) is 0 Å². The number of cyclic esters (lactones) is 2. The van der Waals surface area contributed by atoms with Gasteiger partial charge in [-0.1, -0.05) is 32.9 Å². The van der Waals surface area contributed by atoms with Crippen LogP contribution in [0.5, 0.6) is 0 Å². The molecule has 2 fully saturated rings. The zero-order valence-corrected chi connectivity index (χ0v) is 37.3. The molecule has 8 heterocycles. The van der Waals surface area contributed by atoms with Gasteiger partial charge in [-0.05, 0) is 48.5 Å². The molecular weight excluding hydrogens is 933 g/mol. The van der Waals surface area contributed by atoms with Gasteiger partial charge in [0.1, 0.15) is 54.5 Å². The van der Waals surface area contributed by atoms with Gasteiger partial charge < -0.3 is 34.4 Å². The Morgan fingerprint density at radius 1 is 0.676 bits per heavy atom. The predicted octanol–water partition coefficient (Wildman–Crippen LogP) is 3.81. The Kier molecular flexibility index (Phi) is 13.0. The summed E-state index contributed by atoms with van der Waals surface area (Å²) >= 11 is 0. The van der Waals surface area contributed by atoms with Crippen LogP contribution in [0.4, 0.5) is 29.7 Å². The van der Waals surface area contributed by atoms with Gasteiger partial charge in [0.2, 0.25) is 0 Å². The third-order valence-corrected chi connectivity index (χ3v) is 11.7. The van der Waals surface area contributed by atoms with Crippen LogP contribution >= 0.6 is 0 Å². The highest BCUT2D eigenvalue weighted by Crippen LogP contribution is 2.32. The number of nitrogens with zero attached hydrogens (tertiary/aromatic N) is 12. The average molecular weight is 974 g/mol. The Bertz CT molecular complexity index is 3000. The number of amides is 2. The third-order valence-electron chi connectivity index (χ3n) is 11.7. The van der Waals surface area contributed by atoms with E-state index < -0.39 is 72.6 Å². The standard InChI is InChI=1S/C46H41F2N13O10/c47-36-13-28(60-22-32(68-45(60)64)20-58-11-9-52-56-58)3-5-34(36)26-1-7-39(50-18-26)41-15-30(70-54-41)24-66-43(62)17-38(49)44(63)67-25-31-16-42(55-71-31)40-8-2-27(19-51-40)35-6-4-29(14-37(35)48)61-23-33(69-46(61)65)21-59-12-10-53-57-59/h1-14,18-19,30-33,38H,15-17,20-25,49H2/t30-,31-,32-,33-,38-/m0/s1. The lowest BCUT2D eigenvalue weighted by atomic mass is 10.0. The smallest absolute Gasteiger partial charge is 0.414 e. The van der Waals surface area contributed by atoms with Crippen molar-refractivity contribution >= 4 is 46.9 Å². The van der Waals surface area contributed by atoms with Crippen molar-refractivity contribution in [3.05, 3.63) is 121 Å². The van der Waals surface area contributed by atoms with Crippen LogP contribution in [-0.2, 0) is 51.3 Å². The SMILES string of the molecule is N[C@@H](CC(=O)OC[C@@H]1CC(c2ccc(-c3ccc(N4C[C@H](Cn5ccnn5)OC4=O)cc3F)cn2)=NO1)C(=O)OC[C@@H]1CC(c2ccc(-c3ccc(N4C[C@H](Cn5ccnn5)OC4=O)cc3F)cn2)=NO1. The number of anilines is 2. The maximum Gasteiger partial charge on any atom is 0.414 e. The highest BCUT2D eigenvalue weighted by Gasteiger charge is 2.35. The van der Waals surface area contributed by atoms with E-state index in [1.807, 2.05) is 0 Å². The van der Waals surface area contributed by atoms with E-state index in [-0.39, 0.29) is 50.3 Å². The number of carbonyl (C=O) groups excluding carboxylic acids is 4. The number of pyridine rings is 2. The van der Waals surface area contributed by atoms with Gasteiger partial charge in [0.15, 0.2) is 12.2 Å². The Balaban J connectivity index is 0.627. The highest BCUT2D eigenvalue weighted by atomic mass is 19.1. The van der Waals surface area contributed by atoms with E-state index in [1.54, 1.807) is 70.3 Å². The molecule has 71 heavy (non-hydrogen) atoms. The fourth-order valence-corrected chi connectivity index (χ4v) is 8.12. The molecule has 25 heteroatoms. The fourth-order valence-electron chi connectivity index (χ4n) is 8.12. The fraction of sp³-hybridized carbons (Fsp3) is 0.304. The molecule has 0 unspecified atom stereocenters. The van der Waals surface area contributed by atoms with E-state index in [0.717, 1.165) is 0 Å². The van der Waals surface area contributed by atoms with Crippen LogP contribution in [0.1, 0.15) is 30.7 Å². The summed E-state index contributed by atoms with van der Waals surface area (Å²) in [6, 6.07) is 14.3. The topological polar surface area (TPSA) is 268 Å². The van der Waals surface area contributed by atoms with Gasteiger partial charge >= 0.3 is 24.1 Å². The van der Waals surface area contributed by atoms with E-state index in [2.05, 4.69) is 40.9 Å². The second-order valence-corrected chi connectivity index (χ2v) is 16.7. The first kappa shape index (κ1) is 46.0. The number of nitrogens with two attached hydrogens (primary N) is 1. The first-order chi connectivity index (χ1) is 34.5. The first-order valence-corrected chi connectivity index (χ1v) is 22.2. The minimum absolute atomic E-state index is 0.175. The molecule has 2 saturated heterocycles. The number of rotatable bonds is 17. The number of hydrogen-bond acceptors (Lipinski definition) is 19. The number of esters is 2. The average Bonchev–Trinajstić information content (AvgIpc) is 4.25. The predicted molar refractivity (Wildman–Crippen MR) is 241 cm³/mol. The Morgan fingerprint density at radius 3 is 1.61 bits per heavy atom. The zero-order chi connectivity index (χ0) is 49.0. The summed E-state index contributed by atoms with van der Waals surface area (Å²) in [5.74, 6) is -2.72. The number of ether oxygens (including phenoxy) is 4. The number of oxime groups is 2. The largest absolute Gasteiger partial charge is 0.462 e. The molecule has 5 atom stereocenters. The lowest BCUT2D eigenvalue weighted by Crippen LogP contribution is -2.37. The second kappa shape index (κ2) is 20.1. The molecular formula is C46H41F2N13O10. The molecule has 10 rings (SSSR count). The van der Waals surface area contributed by atoms with E-state index in [1.165, 1.54) is 46.7 Å². The van der Waals surface area contributed by atoms with Crippen molar-refractivity contribution in [3.63, 3.8) is 0 Å². The molecule has 2 amide bonds. The van der Waals surface area contributed by atoms with Crippen molar-refractivity contribution in [1.82, 2.24) is 40.0 Å². The summed E-state index contributed by atoms with van der Waals surface area (Å²) in [5, 5.41) is 23.4. The summed E-state index contributed by atoms with van der Waals surface area (Å²) in [6.07, 6.45) is 5.99. The molecule has 0 aliphatic carbocycles. The third kappa shape index (κ3) is 10.5. The van der Waals surface area contributed by atoms with Crippen LogP contribution in [0, 0.1) is 11.6 Å². The molecule has 364 valence electrons. The lowest BCUT2D eigenvalue weighted by molar-refractivity contribution is -0.155. The molecule has 2 N–H and O–H groups in total. The van der Waals surface area contributed by atoms with Gasteiger partial charge in [0, 0.05) is 59.9 Å². The molecule has 6 aromatic rings. The second-order valence-electron chi connectivity index (χ2n) is 16.7. The maximum atomic E-state index is 15.4. The number of benzene rings is 2. The van der Waals surface area contributed by atoms with Crippen LogP contribution in [-0.4, -0.2) is 132 Å². The van der Waals surface area contributed by atoms with Crippen molar-refractivity contribution in [3.8, 4) is 22.3 Å². The van der Waals surface area contributed by atoms with Crippen molar-refractivity contribution in [1.29, 1.82) is 0 Å².